The zero-order chi connectivity index (χ0) is 21.2. The molecule has 0 saturated carbocycles. The average Bonchev–Trinajstić information content (AvgIpc) is 3.25. The van der Waals surface area contributed by atoms with Gasteiger partial charge in [-0.15, -0.1) is 11.8 Å². The number of para-hydroxylation sites is 1. The number of amides is 1. The molecule has 0 aliphatic carbocycles. The molecule has 0 unspecified atom stereocenters. The summed E-state index contributed by atoms with van der Waals surface area (Å²) in [7, 11) is 0. The Balaban J connectivity index is 1.53. The van der Waals surface area contributed by atoms with E-state index >= 15 is 0 Å². The molecule has 0 radical (unpaired) electrons. The molecule has 0 atom stereocenters. The lowest BCUT2D eigenvalue weighted by Gasteiger charge is -2.10. The van der Waals surface area contributed by atoms with E-state index in [4.69, 9.17) is 14.5 Å². The van der Waals surface area contributed by atoms with E-state index < -0.39 is 0 Å². The molecule has 0 aliphatic heterocycles. The first-order chi connectivity index (χ1) is 14.7. The number of aryl methyl sites for hydroxylation is 1. The summed E-state index contributed by atoms with van der Waals surface area (Å²) >= 11 is 1.37. The summed E-state index contributed by atoms with van der Waals surface area (Å²) in [4.78, 5) is 17.5. The van der Waals surface area contributed by atoms with Gasteiger partial charge in [0, 0.05) is 16.9 Å². The number of rotatable bonds is 10. The van der Waals surface area contributed by atoms with Crippen LogP contribution >= 0.6 is 11.8 Å². The number of thioether (sulfide) groups is 1. The van der Waals surface area contributed by atoms with Crippen molar-refractivity contribution in [2.45, 2.75) is 31.1 Å². The number of nitrogens with zero attached hydrogens (tertiary/aromatic N) is 3. The Hall–Kier alpha value is -3.31. The van der Waals surface area contributed by atoms with Gasteiger partial charge in [0.15, 0.2) is 6.61 Å². The van der Waals surface area contributed by atoms with Crippen LogP contribution in [0.25, 0.3) is 11.4 Å². The van der Waals surface area contributed by atoms with Crippen molar-refractivity contribution in [1.82, 2.24) is 10.1 Å². The van der Waals surface area contributed by atoms with E-state index in [9.17, 15) is 4.79 Å². The first-order valence-corrected chi connectivity index (χ1v) is 10.6. The monoisotopic (exact) mass is 422 g/mol. The Bertz CT molecular complexity index is 1010. The van der Waals surface area contributed by atoms with Crippen LogP contribution in [0.1, 0.15) is 25.7 Å². The maximum atomic E-state index is 12.2. The number of benzene rings is 2. The van der Waals surface area contributed by atoms with Gasteiger partial charge in [-0.3, -0.25) is 4.79 Å². The molecule has 3 aromatic rings. The molecule has 154 valence electrons. The number of nitriles is 1. The molecule has 0 saturated heterocycles. The lowest BCUT2D eigenvalue weighted by molar-refractivity contribution is -0.118. The molecule has 30 heavy (non-hydrogen) atoms. The van der Waals surface area contributed by atoms with Crippen LogP contribution in [-0.2, 0) is 11.2 Å². The van der Waals surface area contributed by atoms with Gasteiger partial charge < -0.3 is 14.6 Å². The summed E-state index contributed by atoms with van der Waals surface area (Å²) in [6, 6.07) is 16.6. The fourth-order valence-electron chi connectivity index (χ4n) is 2.64. The average molecular weight is 423 g/mol. The van der Waals surface area contributed by atoms with Gasteiger partial charge >= 0.3 is 0 Å². The fraction of sp³-hybridized carbons (Fsp3) is 0.273. The van der Waals surface area contributed by atoms with Crippen molar-refractivity contribution in [2.24, 2.45) is 0 Å². The molecule has 0 aliphatic rings. The number of nitrogens with one attached hydrogen (secondary N) is 1. The van der Waals surface area contributed by atoms with Crippen molar-refractivity contribution in [2.75, 3.05) is 17.7 Å². The third-order valence-corrected chi connectivity index (χ3v) is 5.09. The largest absolute Gasteiger partial charge is 0.484 e. The van der Waals surface area contributed by atoms with Crippen LogP contribution in [0.3, 0.4) is 0 Å². The molecule has 1 N–H and O–H groups in total. The van der Waals surface area contributed by atoms with Crippen LogP contribution in [0, 0.1) is 11.3 Å². The highest BCUT2D eigenvalue weighted by Gasteiger charge is 2.10. The smallest absolute Gasteiger partial charge is 0.262 e. The molecule has 0 spiro atoms. The van der Waals surface area contributed by atoms with E-state index in [1.165, 1.54) is 11.8 Å². The number of carbonyl (C=O) groups excluding carboxylic acids is 1. The minimum absolute atomic E-state index is 0.125. The molecule has 3 rings (SSSR count). The summed E-state index contributed by atoms with van der Waals surface area (Å²) in [5.74, 6) is 1.78. The predicted molar refractivity (Wildman–Crippen MR) is 115 cm³/mol. The Labute approximate surface area is 179 Å². The first kappa shape index (κ1) is 21.4. The van der Waals surface area contributed by atoms with Crippen LogP contribution < -0.4 is 10.1 Å². The van der Waals surface area contributed by atoms with E-state index in [0.29, 0.717) is 28.9 Å². The van der Waals surface area contributed by atoms with Crippen molar-refractivity contribution in [3.05, 3.63) is 54.4 Å². The number of hydrogen-bond donors (Lipinski definition) is 1. The maximum Gasteiger partial charge on any atom is 0.262 e. The third kappa shape index (κ3) is 6.09. The van der Waals surface area contributed by atoms with Gasteiger partial charge in [-0.05, 0) is 42.8 Å². The zero-order valence-corrected chi connectivity index (χ0v) is 17.4. The van der Waals surface area contributed by atoms with Crippen LogP contribution in [0.5, 0.6) is 5.75 Å². The Kier molecular flexibility index (Phi) is 7.86. The van der Waals surface area contributed by atoms with E-state index in [2.05, 4.69) is 28.5 Å². The van der Waals surface area contributed by atoms with Gasteiger partial charge in [0.25, 0.3) is 5.91 Å². The summed E-state index contributed by atoms with van der Waals surface area (Å²) in [6.07, 6.45) is 2.86. The van der Waals surface area contributed by atoms with Crippen molar-refractivity contribution in [1.29, 1.82) is 5.26 Å². The van der Waals surface area contributed by atoms with Crippen LogP contribution in [0.15, 0.2) is 57.9 Å². The molecule has 8 heteroatoms. The Morgan fingerprint density at radius 1 is 1.23 bits per heavy atom. The number of hydrogen-bond acceptors (Lipinski definition) is 7. The Morgan fingerprint density at radius 3 is 2.80 bits per heavy atom. The quantitative estimate of drug-likeness (QED) is 0.472. The van der Waals surface area contributed by atoms with Crippen molar-refractivity contribution in [3.8, 4) is 23.2 Å². The molecule has 1 aromatic heterocycles. The number of anilines is 1. The number of carbonyl (C=O) groups is 1. The summed E-state index contributed by atoms with van der Waals surface area (Å²) in [6.45, 7) is 1.99. The molecule has 0 fully saturated rings. The topological polar surface area (TPSA) is 101 Å². The van der Waals surface area contributed by atoms with Crippen molar-refractivity contribution in [3.63, 3.8) is 0 Å². The van der Waals surface area contributed by atoms with Crippen LogP contribution in [0.4, 0.5) is 5.69 Å². The van der Waals surface area contributed by atoms with Crippen LogP contribution in [0.2, 0.25) is 0 Å². The van der Waals surface area contributed by atoms with E-state index in [1.807, 2.05) is 30.3 Å². The normalized spacial score (nSPS) is 10.4. The standard InChI is InChI=1S/C22H22N4O3S/c1-2-3-8-21-25-22(26-29-21)16-9-11-17(12-10-16)28-15-20(27)24-18-6-4-5-7-19(18)30-14-13-23/h4-7,9-12H,2-3,8,14-15H2,1H3,(H,24,27). The summed E-state index contributed by atoms with van der Waals surface area (Å²) < 4.78 is 10.8. The van der Waals surface area contributed by atoms with Crippen molar-refractivity contribution < 1.29 is 14.1 Å². The van der Waals surface area contributed by atoms with E-state index in [-0.39, 0.29) is 12.5 Å². The number of unbranched alkanes of at least 4 members (excludes halogenated alkanes) is 1. The van der Waals surface area contributed by atoms with Gasteiger partial charge in [-0.25, -0.2) is 0 Å². The molecule has 1 heterocycles. The lowest BCUT2D eigenvalue weighted by Crippen LogP contribution is -2.20. The van der Waals surface area contributed by atoms with E-state index in [1.54, 1.807) is 18.2 Å². The zero-order valence-electron chi connectivity index (χ0n) is 16.6. The van der Waals surface area contributed by atoms with Crippen LogP contribution in [-0.4, -0.2) is 28.4 Å². The molecule has 7 nitrogen and oxygen atoms in total. The molecular formula is C22H22N4O3S. The third-order valence-electron chi connectivity index (χ3n) is 4.15. The van der Waals surface area contributed by atoms with E-state index in [0.717, 1.165) is 29.7 Å². The first-order valence-electron chi connectivity index (χ1n) is 9.64. The minimum atomic E-state index is -0.275. The predicted octanol–water partition coefficient (Wildman–Crippen LogP) is 4.71. The maximum absolute atomic E-state index is 12.2. The van der Waals surface area contributed by atoms with Gasteiger partial charge in [-0.1, -0.05) is 30.6 Å². The second-order valence-electron chi connectivity index (χ2n) is 6.42. The second-order valence-corrected chi connectivity index (χ2v) is 7.44. The van der Waals surface area contributed by atoms with Gasteiger partial charge in [-0.2, -0.15) is 10.2 Å². The van der Waals surface area contributed by atoms with Gasteiger partial charge in [0.2, 0.25) is 11.7 Å². The molecule has 2 aromatic carbocycles. The highest BCUT2D eigenvalue weighted by molar-refractivity contribution is 7.99. The fourth-order valence-corrected chi connectivity index (χ4v) is 3.31. The molecule has 1 amide bonds. The Morgan fingerprint density at radius 2 is 2.03 bits per heavy atom. The minimum Gasteiger partial charge on any atom is -0.484 e. The second kappa shape index (κ2) is 11.0. The van der Waals surface area contributed by atoms with Gasteiger partial charge in [0.1, 0.15) is 5.75 Å². The van der Waals surface area contributed by atoms with Gasteiger partial charge in [0.05, 0.1) is 17.5 Å². The molecular weight excluding hydrogens is 400 g/mol. The molecule has 0 bridgehead atoms. The highest BCUT2D eigenvalue weighted by Crippen LogP contribution is 2.26. The lowest BCUT2D eigenvalue weighted by atomic mass is 10.2. The van der Waals surface area contributed by atoms with Crippen molar-refractivity contribution >= 4 is 23.4 Å². The summed E-state index contributed by atoms with van der Waals surface area (Å²) in [5, 5.41) is 15.6. The highest BCUT2D eigenvalue weighted by atomic mass is 32.2. The summed E-state index contributed by atoms with van der Waals surface area (Å²) in [5.41, 5.74) is 1.49. The number of aromatic nitrogens is 2. The SMILES string of the molecule is CCCCc1nc(-c2ccc(OCC(=O)Nc3ccccc3SCC#N)cc2)no1. The number of ether oxygens (including phenoxy) is 1.